The highest BCUT2D eigenvalue weighted by molar-refractivity contribution is 6.39. The van der Waals surface area contributed by atoms with Gasteiger partial charge in [-0.3, -0.25) is 9.99 Å². The van der Waals surface area contributed by atoms with E-state index in [1.807, 2.05) is 6.92 Å². The Morgan fingerprint density at radius 1 is 1.25 bits per heavy atom. The Labute approximate surface area is 125 Å². The number of halogens is 2. The van der Waals surface area contributed by atoms with E-state index in [9.17, 15) is 4.79 Å². The zero-order valence-corrected chi connectivity index (χ0v) is 12.5. The van der Waals surface area contributed by atoms with Gasteiger partial charge in [-0.2, -0.15) is 9.97 Å². The summed E-state index contributed by atoms with van der Waals surface area (Å²) in [5, 5.41) is 0.849. The molecule has 106 valence electrons. The smallest absolute Gasteiger partial charge is 0.290 e. The largest absolute Gasteiger partial charge is 0.352 e. The number of nitrogens with zero attached hydrogens (tertiary/aromatic N) is 3. The second-order valence-corrected chi connectivity index (χ2v) is 4.68. The summed E-state index contributed by atoms with van der Waals surface area (Å²) in [5.41, 5.74) is 5.43. The van der Waals surface area contributed by atoms with Crippen LogP contribution in [0.5, 0.6) is 0 Å². The second-order valence-electron chi connectivity index (χ2n) is 3.87. The number of aromatic nitrogens is 3. The van der Waals surface area contributed by atoms with Gasteiger partial charge in [0.15, 0.2) is 5.82 Å². The van der Waals surface area contributed by atoms with E-state index in [4.69, 9.17) is 23.2 Å². The van der Waals surface area contributed by atoms with Crippen LogP contribution in [0.25, 0.3) is 11.4 Å². The van der Waals surface area contributed by atoms with Crippen molar-refractivity contribution in [3.8, 4) is 11.4 Å². The van der Waals surface area contributed by atoms with Gasteiger partial charge in [0, 0.05) is 13.6 Å². The molecule has 0 bridgehead atoms. The first-order valence-corrected chi connectivity index (χ1v) is 6.70. The predicted molar refractivity (Wildman–Crippen MR) is 80.1 cm³/mol. The van der Waals surface area contributed by atoms with Crippen LogP contribution in [0.4, 0.5) is 5.95 Å². The van der Waals surface area contributed by atoms with E-state index in [1.54, 1.807) is 25.2 Å². The predicted octanol–water partition coefficient (Wildman–Crippen LogP) is 2.18. The van der Waals surface area contributed by atoms with Crippen LogP contribution < -0.4 is 16.5 Å². The molecule has 0 fully saturated rings. The number of nitrogens with one attached hydrogen (secondary N) is 2. The average molecular weight is 314 g/mol. The lowest BCUT2D eigenvalue weighted by Gasteiger charge is -2.13. The normalized spacial score (nSPS) is 10.6. The maximum absolute atomic E-state index is 12.0. The van der Waals surface area contributed by atoms with Crippen molar-refractivity contribution in [1.29, 1.82) is 0 Å². The third-order valence-corrected chi connectivity index (χ3v) is 3.27. The first-order chi connectivity index (χ1) is 9.58. The highest BCUT2D eigenvalue weighted by Gasteiger charge is 2.16. The Morgan fingerprint density at radius 2 is 1.90 bits per heavy atom. The van der Waals surface area contributed by atoms with Gasteiger partial charge in [0.05, 0.1) is 15.6 Å². The minimum absolute atomic E-state index is 0.160. The Kier molecular flexibility index (Phi) is 4.59. The molecular weight excluding hydrogens is 301 g/mol. The minimum Gasteiger partial charge on any atom is -0.290 e. The van der Waals surface area contributed by atoms with E-state index in [1.165, 1.54) is 4.57 Å². The molecule has 6 nitrogen and oxygen atoms in total. The molecule has 0 atom stereocenters. The molecule has 0 saturated carbocycles. The van der Waals surface area contributed by atoms with E-state index >= 15 is 0 Å². The van der Waals surface area contributed by atoms with Crippen LogP contribution in [0, 0.1) is 0 Å². The van der Waals surface area contributed by atoms with Gasteiger partial charge < -0.3 is 0 Å². The van der Waals surface area contributed by atoms with Crippen molar-refractivity contribution >= 4 is 29.2 Å². The van der Waals surface area contributed by atoms with Crippen molar-refractivity contribution in [2.75, 3.05) is 12.5 Å². The van der Waals surface area contributed by atoms with Crippen molar-refractivity contribution in [1.82, 2.24) is 20.0 Å². The Balaban J connectivity index is 2.74. The monoisotopic (exact) mass is 313 g/mol. The maximum Gasteiger partial charge on any atom is 0.352 e. The van der Waals surface area contributed by atoms with Crippen LogP contribution in [-0.4, -0.2) is 21.6 Å². The fourth-order valence-electron chi connectivity index (χ4n) is 1.78. The molecule has 0 saturated heterocycles. The molecule has 0 unspecified atom stereocenters. The summed E-state index contributed by atoms with van der Waals surface area (Å²) in [5.74, 6) is 0.536. The molecule has 1 heterocycles. The lowest BCUT2D eigenvalue weighted by atomic mass is 10.2. The number of hydrazine groups is 1. The summed E-state index contributed by atoms with van der Waals surface area (Å²) in [6, 6.07) is 5.12. The molecule has 1 aromatic carbocycles. The number of anilines is 1. The number of rotatable bonds is 4. The molecule has 8 heteroatoms. The highest BCUT2D eigenvalue weighted by atomic mass is 35.5. The van der Waals surface area contributed by atoms with Crippen LogP contribution in [0.2, 0.25) is 10.0 Å². The van der Waals surface area contributed by atoms with Gasteiger partial charge in [0.25, 0.3) is 0 Å². The first kappa shape index (κ1) is 14.8. The number of hydrogen-bond acceptors (Lipinski definition) is 5. The van der Waals surface area contributed by atoms with E-state index in [2.05, 4.69) is 20.8 Å². The SMILES string of the molecule is CCn1c(-c2c(Cl)cccc2Cl)nc(NNC)nc1=O. The Morgan fingerprint density at radius 3 is 2.45 bits per heavy atom. The van der Waals surface area contributed by atoms with Crippen molar-refractivity contribution in [3.05, 3.63) is 38.7 Å². The summed E-state index contributed by atoms with van der Waals surface area (Å²) in [6.07, 6.45) is 0. The van der Waals surface area contributed by atoms with Crippen molar-refractivity contribution in [2.24, 2.45) is 0 Å². The van der Waals surface area contributed by atoms with Crippen LogP contribution in [0.3, 0.4) is 0 Å². The van der Waals surface area contributed by atoms with Gasteiger partial charge in [-0.25, -0.2) is 10.2 Å². The van der Waals surface area contributed by atoms with Crippen molar-refractivity contribution < 1.29 is 0 Å². The van der Waals surface area contributed by atoms with E-state index in [0.29, 0.717) is 28.0 Å². The van der Waals surface area contributed by atoms with Crippen LogP contribution >= 0.6 is 23.2 Å². The van der Waals surface area contributed by atoms with Crippen LogP contribution in [0.15, 0.2) is 23.0 Å². The molecule has 0 radical (unpaired) electrons. The molecule has 2 N–H and O–H groups in total. The van der Waals surface area contributed by atoms with Gasteiger partial charge in [-0.05, 0) is 19.1 Å². The summed E-state index contributed by atoms with van der Waals surface area (Å²) in [4.78, 5) is 20.1. The van der Waals surface area contributed by atoms with Crippen molar-refractivity contribution in [3.63, 3.8) is 0 Å². The van der Waals surface area contributed by atoms with Gasteiger partial charge in [0.1, 0.15) is 0 Å². The second kappa shape index (κ2) is 6.21. The zero-order chi connectivity index (χ0) is 14.7. The Hall–Kier alpha value is -1.63. The highest BCUT2D eigenvalue weighted by Crippen LogP contribution is 2.33. The molecule has 2 rings (SSSR count). The van der Waals surface area contributed by atoms with E-state index < -0.39 is 5.69 Å². The molecule has 0 aliphatic rings. The minimum atomic E-state index is -0.425. The zero-order valence-electron chi connectivity index (χ0n) is 10.9. The van der Waals surface area contributed by atoms with Gasteiger partial charge >= 0.3 is 5.69 Å². The van der Waals surface area contributed by atoms with Gasteiger partial charge in [-0.15, -0.1) is 0 Å². The fraction of sp³-hybridized carbons (Fsp3) is 0.250. The summed E-state index contributed by atoms with van der Waals surface area (Å²) < 4.78 is 1.41. The molecular formula is C12H13Cl2N5O. The molecule has 0 aliphatic carbocycles. The van der Waals surface area contributed by atoms with Gasteiger partial charge in [-0.1, -0.05) is 29.3 Å². The average Bonchev–Trinajstić information content (AvgIpc) is 2.38. The molecule has 0 amide bonds. The summed E-state index contributed by atoms with van der Waals surface area (Å²) >= 11 is 12.4. The van der Waals surface area contributed by atoms with Gasteiger partial charge in [0.2, 0.25) is 5.95 Å². The maximum atomic E-state index is 12.0. The molecule has 2 aromatic rings. The third kappa shape index (κ3) is 2.77. The quantitative estimate of drug-likeness (QED) is 0.846. The molecule has 20 heavy (non-hydrogen) atoms. The standard InChI is InChI=1S/C12H13Cl2N5O/c1-3-19-10(9-7(13)5-4-6-8(9)14)16-11(18-15-2)17-12(19)20/h4-6,15H,3H2,1-2H3,(H,17,18,20). The van der Waals surface area contributed by atoms with E-state index in [0.717, 1.165) is 0 Å². The van der Waals surface area contributed by atoms with Crippen molar-refractivity contribution in [2.45, 2.75) is 13.5 Å². The fourth-order valence-corrected chi connectivity index (χ4v) is 2.35. The van der Waals surface area contributed by atoms with Crippen LogP contribution in [-0.2, 0) is 6.54 Å². The summed E-state index contributed by atoms with van der Waals surface area (Å²) in [6.45, 7) is 2.24. The number of benzene rings is 1. The topological polar surface area (TPSA) is 71.8 Å². The molecule has 1 aromatic heterocycles. The van der Waals surface area contributed by atoms with Crippen LogP contribution in [0.1, 0.15) is 6.92 Å². The molecule has 0 spiro atoms. The Bertz CT molecular complexity index is 666. The number of hydrogen-bond donors (Lipinski definition) is 2. The first-order valence-electron chi connectivity index (χ1n) is 5.94. The van der Waals surface area contributed by atoms with E-state index in [-0.39, 0.29) is 5.95 Å². The third-order valence-electron chi connectivity index (χ3n) is 2.64. The lowest BCUT2D eigenvalue weighted by molar-refractivity contribution is 0.684. The molecule has 0 aliphatic heterocycles. The lowest BCUT2D eigenvalue weighted by Crippen LogP contribution is -2.29. The summed E-state index contributed by atoms with van der Waals surface area (Å²) in [7, 11) is 1.65.